The second-order valence-electron chi connectivity index (χ2n) is 5.06. The maximum atomic E-state index is 12.3. The summed E-state index contributed by atoms with van der Waals surface area (Å²) in [6.45, 7) is 2.30. The average Bonchev–Trinajstić information content (AvgIpc) is 2.53. The fraction of sp³-hybridized carbons (Fsp3) is 0.222. The zero-order chi connectivity index (χ0) is 15.8. The molecule has 0 saturated heterocycles. The number of carbonyl (C=O) groups is 2. The first kappa shape index (κ1) is 15.8. The van der Waals surface area contributed by atoms with E-state index in [2.05, 4.69) is 10.6 Å². The Bertz CT molecular complexity index is 639. The van der Waals surface area contributed by atoms with E-state index in [-0.39, 0.29) is 11.8 Å². The van der Waals surface area contributed by atoms with Gasteiger partial charge in [-0.05, 0) is 23.6 Å². The maximum Gasteiger partial charge on any atom is 0.251 e. The van der Waals surface area contributed by atoms with Crippen molar-refractivity contribution in [3.8, 4) is 0 Å². The summed E-state index contributed by atoms with van der Waals surface area (Å²) < 4.78 is 0. The van der Waals surface area contributed by atoms with Gasteiger partial charge in [-0.3, -0.25) is 9.59 Å². The van der Waals surface area contributed by atoms with Gasteiger partial charge in [0.25, 0.3) is 5.91 Å². The van der Waals surface area contributed by atoms with Gasteiger partial charge >= 0.3 is 0 Å². The molecule has 2 rings (SSSR count). The highest BCUT2D eigenvalue weighted by molar-refractivity contribution is 5.95. The molecule has 0 atom stereocenters. The zero-order valence-corrected chi connectivity index (χ0v) is 12.6. The molecule has 0 bridgehead atoms. The Morgan fingerprint density at radius 1 is 0.864 bits per heavy atom. The van der Waals surface area contributed by atoms with Crippen LogP contribution in [-0.2, 0) is 11.2 Å². The Labute approximate surface area is 130 Å². The molecule has 4 heteroatoms. The topological polar surface area (TPSA) is 58.2 Å². The monoisotopic (exact) mass is 296 g/mol. The van der Waals surface area contributed by atoms with Crippen LogP contribution in [0.15, 0.2) is 54.6 Å². The summed E-state index contributed by atoms with van der Waals surface area (Å²) in [5.74, 6) is -0.212. The second kappa shape index (κ2) is 7.98. The van der Waals surface area contributed by atoms with Crippen LogP contribution in [0.25, 0.3) is 0 Å². The van der Waals surface area contributed by atoms with Gasteiger partial charge in [-0.25, -0.2) is 0 Å². The number of nitrogens with one attached hydrogen (secondary N) is 2. The first-order valence-corrected chi connectivity index (χ1v) is 7.31. The van der Waals surface area contributed by atoms with Crippen molar-refractivity contribution in [3.63, 3.8) is 0 Å². The molecule has 2 N–H and O–H groups in total. The van der Waals surface area contributed by atoms with Crippen molar-refractivity contribution in [2.45, 2.75) is 13.3 Å². The minimum absolute atomic E-state index is 0.0984. The van der Waals surface area contributed by atoms with Crippen molar-refractivity contribution in [1.82, 2.24) is 10.6 Å². The Morgan fingerprint density at radius 3 is 2.23 bits per heavy atom. The van der Waals surface area contributed by atoms with E-state index in [4.69, 9.17) is 0 Å². The van der Waals surface area contributed by atoms with E-state index < -0.39 is 0 Å². The molecule has 114 valence electrons. The van der Waals surface area contributed by atoms with Crippen molar-refractivity contribution in [2.75, 3.05) is 13.1 Å². The van der Waals surface area contributed by atoms with Crippen LogP contribution >= 0.6 is 0 Å². The fourth-order valence-electron chi connectivity index (χ4n) is 2.22. The summed E-state index contributed by atoms with van der Waals surface area (Å²) in [7, 11) is 0. The quantitative estimate of drug-likeness (QED) is 0.802. The molecule has 0 aliphatic carbocycles. The third-order valence-corrected chi connectivity index (χ3v) is 3.28. The summed E-state index contributed by atoms with van der Waals surface area (Å²) in [5, 5.41) is 5.48. The first-order chi connectivity index (χ1) is 10.7. The second-order valence-corrected chi connectivity index (χ2v) is 5.06. The summed E-state index contributed by atoms with van der Waals surface area (Å²) in [4.78, 5) is 23.1. The lowest BCUT2D eigenvalue weighted by atomic mass is 9.99. The van der Waals surface area contributed by atoms with E-state index in [1.54, 1.807) is 0 Å². The zero-order valence-electron chi connectivity index (χ0n) is 12.6. The number of benzene rings is 2. The SMILES string of the molecule is CC(=O)NCCNC(=O)c1ccccc1Cc1ccccc1. The van der Waals surface area contributed by atoms with Gasteiger partial charge in [-0.15, -0.1) is 0 Å². The van der Waals surface area contributed by atoms with Crippen molar-refractivity contribution in [1.29, 1.82) is 0 Å². The van der Waals surface area contributed by atoms with E-state index in [0.717, 1.165) is 12.0 Å². The van der Waals surface area contributed by atoms with Gasteiger partial charge in [0.1, 0.15) is 0 Å². The third kappa shape index (κ3) is 4.74. The van der Waals surface area contributed by atoms with Crippen LogP contribution in [0, 0.1) is 0 Å². The molecule has 22 heavy (non-hydrogen) atoms. The molecule has 0 aromatic heterocycles. The highest BCUT2D eigenvalue weighted by atomic mass is 16.2. The molecule has 0 saturated carbocycles. The van der Waals surface area contributed by atoms with Crippen LogP contribution < -0.4 is 10.6 Å². The molecule has 0 aliphatic heterocycles. The Morgan fingerprint density at radius 2 is 1.50 bits per heavy atom. The summed E-state index contributed by atoms with van der Waals surface area (Å²) in [5.41, 5.74) is 2.83. The summed E-state index contributed by atoms with van der Waals surface area (Å²) in [6, 6.07) is 17.6. The highest BCUT2D eigenvalue weighted by Gasteiger charge is 2.10. The molecule has 0 unspecified atom stereocenters. The van der Waals surface area contributed by atoms with E-state index in [1.165, 1.54) is 12.5 Å². The van der Waals surface area contributed by atoms with E-state index in [1.807, 2.05) is 54.6 Å². The van der Waals surface area contributed by atoms with Gasteiger partial charge in [0.15, 0.2) is 0 Å². The number of hydrogen-bond donors (Lipinski definition) is 2. The average molecular weight is 296 g/mol. The van der Waals surface area contributed by atoms with E-state index in [0.29, 0.717) is 18.7 Å². The normalized spacial score (nSPS) is 10.0. The first-order valence-electron chi connectivity index (χ1n) is 7.31. The maximum absolute atomic E-state index is 12.3. The summed E-state index contributed by atoms with van der Waals surface area (Å²) in [6.07, 6.45) is 0.718. The molecule has 0 aliphatic rings. The van der Waals surface area contributed by atoms with E-state index in [9.17, 15) is 9.59 Å². The van der Waals surface area contributed by atoms with Gasteiger partial charge in [-0.1, -0.05) is 48.5 Å². The minimum atomic E-state index is -0.114. The lowest BCUT2D eigenvalue weighted by Gasteiger charge is -2.10. The molecule has 2 aromatic carbocycles. The van der Waals surface area contributed by atoms with Crippen LogP contribution in [0.1, 0.15) is 28.4 Å². The molecule has 2 aromatic rings. The minimum Gasteiger partial charge on any atom is -0.355 e. The van der Waals surface area contributed by atoms with Gasteiger partial charge in [0, 0.05) is 25.6 Å². The van der Waals surface area contributed by atoms with Crippen LogP contribution in [0.3, 0.4) is 0 Å². The number of hydrogen-bond acceptors (Lipinski definition) is 2. The lowest BCUT2D eigenvalue weighted by molar-refractivity contribution is -0.118. The van der Waals surface area contributed by atoms with Gasteiger partial charge in [0.2, 0.25) is 5.91 Å². The van der Waals surface area contributed by atoms with Crippen molar-refractivity contribution < 1.29 is 9.59 Å². The van der Waals surface area contributed by atoms with Crippen molar-refractivity contribution >= 4 is 11.8 Å². The van der Waals surface area contributed by atoms with E-state index >= 15 is 0 Å². The molecule has 2 amide bonds. The third-order valence-electron chi connectivity index (χ3n) is 3.28. The molecule has 0 spiro atoms. The standard InChI is InChI=1S/C18H20N2O2/c1-14(21)19-11-12-20-18(22)17-10-6-5-9-16(17)13-15-7-3-2-4-8-15/h2-10H,11-13H2,1H3,(H,19,21)(H,20,22). The number of carbonyl (C=O) groups excluding carboxylic acids is 2. The predicted molar refractivity (Wildman–Crippen MR) is 86.7 cm³/mol. The molecule has 0 radical (unpaired) electrons. The predicted octanol–water partition coefficient (Wildman–Crippen LogP) is 2.14. The molecule has 0 heterocycles. The molecular weight excluding hydrogens is 276 g/mol. The molecular formula is C18H20N2O2. The molecule has 0 fully saturated rings. The highest BCUT2D eigenvalue weighted by Crippen LogP contribution is 2.14. The van der Waals surface area contributed by atoms with Crippen LogP contribution in [0.5, 0.6) is 0 Å². The Balaban J connectivity index is 2.01. The van der Waals surface area contributed by atoms with Crippen molar-refractivity contribution in [3.05, 3.63) is 71.3 Å². The lowest BCUT2D eigenvalue weighted by Crippen LogP contribution is -2.34. The van der Waals surface area contributed by atoms with Crippen LogP contribution in [0.2, 0.25) is 0 Å². The number of rotatable bonds is 6. The number of amides is 2. The fourth-order valence-corrected chi connectivity index (χ4v) is 2.22. The van der Waals surface area contributed by atoms with Gasteiger partial charge < -0.3 is 10.6 Å². The largest absolute Gasteiger partial charge is 0.355 e. The van der Waals surface area contributed by atoms with Crippen LogP contribution in [-0.4, -0.2) is 24.9 Å². The van der Waals surface area contributed by atoms with Crippen molar-refractivity contribution in [2.24, 2.45) is 0 Å². The molecule has 4 nitrogen and oxygen atoms in total. The Kier molecular flexibility index (Phi) is 5.72. The van der Waals surface area contributed by atoms with Gasteiger partial charge in [-0.2, -0.15) is 0 Å². The smallest absolute Gasteiger partial charge is 0.251 e. The summed E-state index contributed by atoms with van der Waals surface area (Å²) >= 11 is 0. The van der Waals surface area contributed by atoms with Crippen LogP contribution in [0.4, 0.5) is 0 Å². The van der Waals surface area contributed by atoms with Gasteiger partial charge in [0.05, 0.1) is 0 Å². The Hall–Kier alpha value is -2.62.